The summed E-state index contributed by atoms with van der Waals surface area (Å²) in [4.78, 5) is 24.7. The van der Waals surface area contributed by atoms with Crippen molar-refractivity contribution in [2.75, 3.05) is 26.9 Å². The van der Waals surface area contributed by atoms with Crippen LogP contribution in [0.2, 0.25) is 0 Å². The molecule has 1 aliphatic heterocycles. The number of Topliss-reactive ketones (excluding diaryl/α,β-unsaturated/α-hetero) is 1. The summed E-state index contributed by atoms with van der Waals surface area (Å²) in [6.45, 7) is 7.10. The average molecular weight is 467 g/mol. The van der Waals surface area contributed by atoms with E-state index in [1.54, 1.807) is 14.0 Å². The largest absolute Gasteiger partial charge is 0.493 e. The van der Waals surface area contributed by atoms with Crippen molar-refractivity contribution >= 4 is 11.8 Å². The zero-order valence-electron chi connectivity index (χ0n) is 20.6. The van der Waals surface area contributed by atoms with Gasteiger partial charge in [-0.25, -0.2) is 0 Å². The Balaban J connectivity index is 1.59. The van der Waals surface area contributed by atoms with Gasteiger partial charge < -0.3 is 18.9 Å². The molecule has 0 aromatic heterocycles. The molecular weight excluding hydrogens is 432 g/mol. The minimum absolute atomic E-state index is 0.0587. The fourth-order valence-corrected chi connectivity index (χ4v) is 4.53. The highest BCUT2D eigenvalue weighted by Crippen LogP contribution is 2.45. The quantitative estimate of drug-likeness (QED) is 0.368. The zero-order chi connectivity index (χ0) is 24.3. The lowest BCUT2D eigenvalue weighted by molar-refractivity contribution is -0.161. The van der Waals surface area contributed by atoms with E-state index in [2.05, 4.69) is 0 Å². The topological polar surface area (TPSA) is 71.1 Å². The predicted octanol–water partition coefficient (Wildman–Crippen LogP) is 5.32. The number of methoxy groups -OCH3 is 1. The van der Waals surface area contributed by atoms with E-state index in [0.717, 1.165) is 47.1 Å². The third-order valence-electron chi connectivity index (χ3n) is 6.85. The molecule has 182 valence electrons. The van der Waals surface area contributed by atoms with E-state index in [9.17, 15) is 9.59 Å². The molecule has 1 aliphatic carbocycles. The maximum Gasteiger partial charge on any atom is 0.309 e. The van der Waals surface area contributed by atoms with E-state index in [1.807, 2.05) is 44.2 Å². The molecule has 0 unspecified atom stereocenters. The summed E-state index contributed by atoms with van der Waals surface area (Å²) in [5, 5.41) is 0. The lowest BCUT2D eigenvalue weighted by Gasteiger charge is -2.25. The SMILES string of the molecule is CCc1cc(-c2ccc(C)c(OC)c2OCC2(OC(=O)C3CCOCC3)CC2)ccc1C(C)=O. The molecule has 0 spiro atoms. The second-order valence-corrected chi connectivity index (χ2v) is 9.35. The number of benzene rings is 2. The van der Waals surface area contributed by atoms with Gasteiger partial charge in [-0.05, 0) is 62.6 Å². The molecular formula is C28H34O6. The third kappa shape index (κ3) is 5.12. The van der Waals surface area contributed by atoms with E-state index in [-0.39, 0.29) is 24.3 Å². The number of aryl methyl sites for hydroxylation is 2. The Morgan fingerprint density at radius 2 is 1.82 bits per heavy atom. The molecule has 0 amide bonds. The van der Waals surface area contributed by atoms with Crippen LogP contribution < -0.4 is 9.47 Å². The molecule has 0 N–H and O–H groups in total. The summed E-state index contributed by atoms with van der Waals surface area (Å²) in [7, 11) is 1.63. The minimum atomic E-state index is -0.575. The van der Waals surface area contributed by atoms with E-state index >= 15 is 0 Å². The van der Waals surface area contributed by atoms with Gasteiger partial charge in [0, 0.05) is 24.3 Å². The first-order chi connectivity index (χ1) is 16.4. The fraction of sp³-hybridized carbons (Fsp3) is 0.500. The number of carbonyl (C=O) groups excluding carboxylic acids is 2. The van der Waals surface area contributed by atoms with Crippen molar-refractivity contribution in [1.29, 1.82) is 0 Å². The van der Waals surface area contributed by atoms with Crippen molar-refractivity contribution in [3.8, 4) is 22.6 Å². The highest BCUT2D eigenvalue weighted by molar-refractivity contribution is 5.96. The molecule has 2 fully saturated rings. The van der Waals surface area contributed by atoms with Crippen molar-refractivity contribution in [3.05, 3.63) is 47.0 Å². The first kappa shape index (κ1) is 24.3. The summed E-state index contributed by atoms with van der Waals surface area (Å²) in [5.41, 5.74) is 3.97. The molecule has 0 atom stereocenters. The van der Waals surface area contributed by atoms with Crippen LogP contribution in [0.5, 0.6) is 11.5 Å². The summed E-state index contributed by atoms with van der Waals surface area (Å²) in [5.74, 6) is 1.12. The summed E-state index contributed by atoms with van der Waals surface area (Å²) < 4.78 is 23.4. The molecule has 2 aromatic carbocycles. The number of ether oxygens (including phenoxy) is 4. The number of ketones is 1. The Labute approximate surface area is 201 Å². The summed E-state index contributed by atoms with van der Waals surface area (Å²) >= 11 is 0. The molecule has 0 radical (unpaired) electrons. The van der Waals surface area contributed by atoms with Gasteiger partial charge in [-0.1, -0.05) is 37.3 Å². The van der Waals surface area contributed by atoms with Gasteiger partial charge in [0.25, 0.3) is 0 Å². The zero-order valence-corrected chi connectivity index (χ0v) is 20.6. The van der Waals surface area contributed by atoms with Gasteiger partial charge in [-0.15, -0.1) is 0 Å². The molecule has 0 bridgehead atoms. The normalized spacial score (nSPS) is 17.2. The van der Waals surface area contributed by atoms with Crippen LogP contribution in [-0.2, 0) is 20.7 Å². The van der Waals surface area contributed by atoms with E-state index in [1.165, 1.54) is 0 Å². The molecule has 1 heterocycles. The molecule has 4 rings (SSSR count). The number of hydrogen-bond acceptors (Lipinski definition) is 6. The Morgan fingerprint density at radius 3 is 2.44 bits per heavy atom. The van der Waals surface area contributed by atoms with Crippen molar-refractivity contribution in [2.24, 2.45) is 5.92 Å². The standard InChI is InChI=1S/C28H34O6/c1-5-20-16-22(7-9-23(20)19(3)29)24-8-6-18(2)25(31-4)26(24)33-17-28(12-13-28)34-27(30)21-10-14-32-15-11-21/h6-9,16,21H,5,10-15,17H2,1-4H3. The van der Waals surface area contributed by atoms with Crippen LogP contribution in [0.1, 0.15) is 61.0 Å². The highest BCUT2D eigenvalue weighted by Gasteiger charge is 2.49. The van der Waals surface area contributed by atoms with Gasteiger partial charge in [0.1, 0.15) is 12.2 Å². The second kappa shape index (κ2) is 10.2. The van der Waals surface area contributed by atoms with E-state index in [0.29, 0.717) is 37.6 Å². The second-order valence-electron chi connectivity index (χ2n) is 9.35. The van der Waals surface area contributed by atoms with E-state index in [4.69, 9.17) is 18.9 Å². The average Bonchev–Trinajstić information content (AvgIpc) is 3.62. The number of rotatable bonds is 9. The van der Waals surface area contributed by atoms with Gasteiger partial charge in [-0.2, -0.15) is 0 Å². The van der Waals surface area contributed by atoms with Crippen LogP contribution in [0.25, 0.3) is 11.1 Å². The maximum absolute atomic E-state index is 12.7. The predicted molar refractivity (Wildman–Crippen MR) is 130 cm³/mol. The van der Waals surface area contributed by atoms with Crippen molar-refractivity contribution < 1.29 is 28.5 Å². The molecule has 1 saturated carbocycles. The smallest absolute Gasteiger partial charge is 0.309 e. The van der Waals surface area contributed by atoms with Crippen molar-refractivity contribution in [3.63, 3.8) is 0 Å². The molecule has 1 saturated heterocycles. The first-order valence-electron chi connectivity index (χ1n) is 12.1. The lowest BCUT2D eigenvalue weighted by Crippen LogP contribution is -2.33. The van der Waals surface area contributed by atoms with Gasteiger partial charge >= 0.3 is 5.97 Å². The third-order valence-corrected chi connectivity index (χ3v) is 6.85. The number of esters is 1. The molecule has 2 aromatic rings. The summed E-state index contributed by atoms with van der Waals surface area (Å²) in [6, 6.07) is 9.90. The molecule has 2 aliphatic rings. The Hall–Kier alpha value is -2.86. The number of carbonyl (C=O) groups is 2. The van der Waals surface area contributed by atoms with Crippen molar-refractivity contribution in [2.45, 2.75) is 58.5 Å². The van der Waals surface area contributed by atoms with Crippen LogP contribution in [0.4, 0.5) is 0 Å². The fourth-order valence-electron chi connectivity index (χ4n) is 4.53. The van der Waals surface area contributed by atoms with Gasteiger partial charge in [0.15, 0.2) is 17.3 Å². The van der Waals surface area contributed by atoms with E-state index < -0.39 is 5.60 Å². The Bertz CT molecular complexity index is 1060. The summed E-state index contributed by atoms with van der Waals surface area (Å²) in [6.07, 6.45) is 3.76. The Morgan fingerprint density at radius 1 is 1.09 bits per heavy atom. The molecule has 6 nitrogen and oxygen atoms in total. The van der Waals surface area contributed by atoms with Crippen LogP contribution in [0, 0.1) is 12.8 Å². The van der Waals surface area contributed by atoms with Crippen LogP contribution in [-0.4, -0.2) is 44.3 Å². The first-order valence-corrected chi connectivity index (χ1v) is 12.1. The number of hydrogen-bond donors (Lipinski definition) is 0. The van der Waals surface area contributed by atoms with Gasteiger partial charge in [0.05, 0.1) is 13.0 Å². The molecule has 34 heavy (non-hydrogen) atoms. The highest BCUT2D eigenvalue weighted by atomic mass is 16.6. The van der Waals surface area contributed by atoms with Gasteiger partial charge in [-0.3, -0.25) is 9.59 Å². The monoisotopic (exact) mass is 466 g/mol. The van der Waals surface area contributed by atoms with Gasteiger partial charge in [0.2, 0.25) is 0 Å². The minimum Gasteiger partial charge on any atom is -0.493 e. The van der Waals surface area contributed by atoms with Crippen LogP contribution >= 0.6 is 0 Å². The maximum atomic E-state index is 12.7. The Kier molecular flexibility index (Phi) is 7.27. The van der Waals surface area contributed by atoms with Crippen LogP contribution in [0.15, 0.2) is 30.3 Å². The van der Waals surface area contributed by atoms with Crippen LogP contribution in [0.3, 0.4) is 0 Å². The van der Waals surface area contributed by atoms with Crippen molar-refractivity contribution in [1.82, 2.24) is 0 Å². The molecule has 6 heteroatoms. The lowest BCUT2D eigenvalue weighted by atomic mass is 9.95.